The van der Waals surface area contributed by atoms with E-state index in [9.17, 15) is 0 Å². The summed E-state index contributed by atoms with van der Waals surface area (Å²) >= 11 is 0. The molecule has 0 aliphatic heterocycles. The highest BCUT2D eigenvalue weighted by atomic mass is 16.5. The first-order valence-electron chi connectivity index (χ1n) is 7.40. The predicted octanol–water partition coefficient (Wildman–Crippen LogP) is 2.40. The van der Waals surface area contributed by atoms with Gasteiger partial charge in [0, 0.05) is 19.2 Å². The van der Waals surface area contributed by atoms with Gasteiger partial charge in [0.05, 0.1) is 6.61 Å². The Kier molecular flexibility index (Phi) is 8.67. The minimum Gasteiger partial charge on any atom is -0.380 e. The topological polar surface area (TPSA) is 38.5 Å². The van der Waals surface area contributed by atoms with Gasteiger partial charge in [-0.3, -0.25) is 4.90 Å². The Morgan fingerprint density at radius 3 is 2.53 bits per heavy atom. The van der Waals surface area contributed by atoms with Crippen LogP contribution in [0.25, 0.3) is 0 Å². The van der Waals surface area contributed by atoms with Crippen molar-refractivity contribution in [2.24, 2.45) is 5.73 Å². The lowest BCUT2D eigenvalue weighted by Gasteiger charge is -2.28. The van der Waals surface area contributed by atoms with Crippen LogP contribution in [0.1, 0.15) is 51.9 Å². The maximum absolute atomic E-state index is 5.67. The van der Waals surface area contributed by atoms with Crippen molar-refractivity contribution in [2.45, 2.75) is 57.9 Å². The maximum atomic E-state index is 5.67. The highest BCUT2D eigenvalue weighted by Crippen LogP contribution is 2.23. The van der Waals surface area contributed by atoms with Gasteiger partial charge in [-0.1, -0.05) is 26.2 Å². The smallest absolute Gasteiger partial charge is 0.0593 e. The molecule has 0 bridgehead atoms. The number of unbranched alkanes of at least 4 members (excludes halogenated alkanes) is 1. The van der Waals surface area contributed by atoms with E-state index in [-0.39, 0.29) is 0 Å². The summed E-state index contributed by atoms with van der Waals surface area (Å²) in [6.07, 6.45) is 9.08. The molecule has 0 unspecified atom stereocenters. The van der Waals surface area contributed by atoms with Gasteiger partial charge in [0.2, 0.25) is 0 Å². The van der Waals surface area contributed by atoms with Crippen LogP contribution in [0.15, 0.2) is 0 Å². The van der Waals surface area contributed by atoms with Crippen molar-refractivity contribution in [3.63, 3.8) is 0 Å². The zero-order chi connectivity index (χ0) is 12.3. The lowest BCUT2D eigenvalue weighted by atomic mass is 10.2. The molecular weight excluding hydrogens is 212 g/mol. The first kappa shape index (κ1) is 14.9. The minimum atomic E-state index is 0.802. The van der Waals surface area contributed by atoms with Gasteiger partial charge in [-0.25, -0.2) is 0 Å². The van der Waals surface area contributed by atoms with Crippen LogP contribution in [0.5, 0.6) is 0 Å². The molecule has 1 aliphatic carbocycles. The SMILES string of the molecule is CCCCOCCN(CCCN)C1CCCC1. The third-order valence-corrected chi connectivity index (χ3v) is 3.66. The zero-order valence-corrected chi connectivity index (χ0v) is 11.5. The van der Waals surface area contributed by atoms with Gasteiger partial charge in [-0.2, -0.15) is 0 Å². The Hall–Kier alpha value is -0.120. The van der Waals surface area contributed by atoms with Crippen LogP contribution in [-0.4, -0.2) is 43.8 Å². The number of hydrogen-bond donors (Lipinski definition) is 1. The molecule has 0 heterocycles. The van der Waals surface area contributed by atoms with Crippen molar-refractivity contribution in [1.82, 2.24) is 4.90 Å². The molecule has 1 aliphatic rings. The van der Waals surface area contributed by atoms with Crippen LogP contribution in [0.2, 0.25) is 0 Å². The number of ether oxygens (including phenoxy) is 1. The standard InChI is InChI=1S/C14H30N2O/c1-2-3-12-17-13-11-16(10-6-9-15)14-7-4-5-8-14/h14H,2-13,15H2,1H3. The van der Waals surface area contributed by atoms with Gasteiger partial charge in [0.15, 0.2) is 0 Å². The van der Waals surface area contributed by atoms with E-state index in [0.29, 0.717) is 0 Å². The number of rotatable bonds is 10. The molecule has 1 saturated carbocycles. The zero-order valence-electron chi connectivity index (χ0n) is 11.5. The van der Waals surface area contributed by atoms with Gasteiger partial charge in [-0.15, -0.1) is 0 Å². The second-order valence-electron chi connectivity index (χ2n) is 5.08. The lowest BCUT2D eigenvalue weighted by Crippen LogP contribution is -2.37. The van der Waals surface area contributed by atoms with Crippen LogP contribution in [0.3, 0.4) is 0 Å². The lowest BCUT2D eigenvalue weighted by molar-refractivity contribution is 0.0853. The van der Waals surface area contributed by atoms with E-state index in [1.165, 1.54) is 38.5 Å². The fourth-order valence-corrected chi connectivity index (χ4v) is 2.57. The molecule has 0 saturated heterocycles. The van der Waals surface area contributed by atoms with Crippen molar-refractivity contribution in [2.75, 3.05) is 32.8 Å². The van der Waals surface area contributed by atoms with E-state index in [1.807, 2.05) is 0 Å². The molecule has 102 valence electrons. The Morgan fingerprint density at radius 1 is 1.12 bits per heavy atom. The van der Waals surface area contributed by atoms with Crippen LogP contribution in [-0.2, 0) is 4.74 Å². The highest BCUT2D eigenvalue weighted by molar-refractivity contribution is 4.77. The highest BCUT2D eigenvalue weighted by Gasteiger charge is 2.21. The predicted molar refractivity (Wildman–Crippen MR) is 73.2 cm³/mol. The average molecular weight is 242 g/mol. The molecule has 1 fully saturated rings. The Labute approximate surface area is 107 Å². The largest absolute Gasteiger partial charge is 0.380 e. The summed E-state index contributed by atoms with van der Waals surface area (Å²) < 4.78 is 5.67. The molecule has 0 aromatic rings. The van der Waals surface area contributed by atoms with Crippen LogP contribution in [0.4, 0.5) is 0 Å². The summed E-state index contributed by atoms with van der Waals surface area (Å²) in [4.78, 5) is 2.60. The molecule has 3 nitrogen and oxygen atoms in total. The van der Waals surface area contributed by atoms with Gasteiger partial charge < -0.3 is 10.5 Å². The van der Waals surface area contributed by atoms with Gasteiger partial charge in [0.25, 0.3) is 0 Å². The molecule has 0 radical (unpaired) electrons. The van der Waals surface area contributed by atoms with E-state index in [1.54, 1.807) is 0 Å². The molecular formula is C14H30N2O. The van der Waals surface area contributed by atoms with Crippen molar-refractivity contribution < 1.29 is 4.74 Å². The van der Waals surface area contributed by atoms with Crippen LogP contribution < -0.4 is 5.73 Å². The van der Waals surface area contributed by atoms with E-state index >= 15 is 0 Å². The summed E-state index contributed by atoms with van der Waals surface area (Å²) in [5.74, 6) is 0. The number of nitrogens with zero attached hydrogens (tertiary/aromatic N) is 1. The molecule has 0 aromatic heterocycles. The minimum absolute atomic E-state index is 0.802. The first-order valence-corrected chi connectivity index (χ1v) is 7.40. The van der Waals surface area contributed by atoms with Crippen LogP contribution >= 0.6 is 0 Å². The second kappa shape index (κ2) is 9.86. The Bertz CT molecular complexity index is 170. The van der Waals surface area contributed by atoms with Crippen molar-refractivity contribution >= 4 is 0 Å². The van der Waals surface area contributed by atoms with Gasteiger partial charge in [-0.05, 0) is 38.8 Å². The number of nitrogens with two attached hydrogens (primary N) is 1. The van der Waals surface area contributed by atoms with Crippen molar-refractivity contribution in [3.05, 3.63) is 0 Å². The van der Waals surface area contributed by atoms with Crippen molar-refractivity contribution in [3.8, 4) is 0 Å². The molecule has 17 heavy (non-hydrogen) atoms. The monoisotopic (exact) mass is 242 g/mol. The summed E-state index contributed by atoms with van der Waals surface area (Å²) in [5, 5.41) is 0. The second-order valence-corrected chi connectivity index (χ2v) is 5.08. The molecule has 1 rings (SSSR count). The summed E-state index contributed by atoms with van der Waals surface area (Å²) in [7, 11) is 0. The third-order valence-electron chi connectivity index (χ3n) is 3.66. The van der Waals surface area contributed by atoms with E-state index in [4.69, 9.17) is 10.5 Å². The first-order chi connectivity index (χ1) is 8.38. The van der Waals surface area contributed by atoms with Crippen LogP contribution in [0, 0.1) is 0 Å². The summed E-state index contributed by atoms with van der Waals surface area (Å²) in [5.41, 5.74) is 5.61. The summed E-state index contributed by atoms with van der Waals surface area (Å²) in [6.45, 7) is 7.06. The third kappa shape index (κ3) is 6.39. The van der Waals surface area contributed by atoms with Gasteiger partial charge in [0.1, 0.15) is 0 Å². The average Bonchev–Trinajstić information content (AvgIpc) is 2.86. The van der Waals surface area contributed by atoms with E-state index < -0.39 is 0 Å². The quantitative estimate of drug-likeness (QED) is 0.598. The maximum Gasteiger partial charge on any atom is 0.0593 e. The molecule has 2 N–H and O–H groups in total. The van der Waals surface area contributed by atoms with E-state index in [0.717, 1.165) is 45.3 Å². The normalized spacial score (nSPS) is 17.1. The molecule has 0 atom stereocenters. The Morgan fingerprint density at radius 2 is 1.88 bits per heavy atom. The fourth-order valence-electron chi connectivity index (χ4n) is 2.57. The molecule has 0 aromatic carbocycles. The van der Waals surface area contributed by atoms with E-state index in [2.05, 4.69) is 11.8 Å². The number of hydrogen-bond acceptors (Lipinski definition) is 3. The molecule has 0 amide bonds. The summed E-state index contributed by atoms with van der Waals surface area (Å²) in [6, 6.07) is 0.802. The van der Waals surface area contributed by atoms with Crippen molar-refractivity contribution in [1.29, 1.82) is 0 Å². The molecule has 0 spiro atoms. The van der Waals surface area contributed by atoms with Gasteiger partial charge >= 0.3 is 0 Å². The fraction of sp³-hybridized carbons (Fsp3) is 1.00. The Balaban J connectivity index is 2.15. The molecule has 3 heteroatoms.